The molecule has 1 atom stereocenters. The summed E-state index contributed by atoms with van der Waals surface area (Å²) in [6.07, 6.45) is 4.07. The molecular weight excluding hydrogens is 388 g/mol. The largest absolute Gasteiger partial charge is 0.468 e. The molecule has 1 aliphatic heterocycles. The normalized spacial score (nSPS) is 15.4. The molecule has 31 heavy (non-hydrogen) atoms. The van der Waals surface area contributed by atoms with Gasteiger partial charge in [-0.2, -0.15) is 0 Å². The summed E-state index contributed by atoms with van der Waals surface area (Å²) in [5, 5.41) is 3.11. The van der Waals surface area contributed by atoms with Crippen LogP contribution in [0.2, 0.25) is 0 Å². The van der Waals surface area contributed by atoms with Crippen molar-refractivity contribution in [1.82, 2.24) is 19.8 Å². The number of hydrogen-bond donors (Lipinski definition) is 1. The van der Waals surface area contributed by atoms with E-state index < -0.39 is 0 Å². The number of aryl methyl sites for hydroxylation is 1. The molecule has 1 N–H and O–H groups in total. The Kier molecular flexibility index (Phi) is 5.30. The molecule has 6 nitrogen and oxygen atoms in total. The van der Waals surface area contributed by atoms with Crippen molar-refractivity contribution in [3.63, 3.8) is 0 Å². The van der Waals surface area contributed by atoms with Gasteiger partial charge >= 0.3 is 0 Å². The van der Waals surface area contributed by atoms with Gasteiger partial charge in [0.25, 0.3) is 5.91 Å². The van der Waals surface area contributed by atoms with E-state index in [0.717, 1.165) is 41.4 Å². The Morgan fingerprint density at radius 1 is 1.10 bits per heavy atom. The summed E-state index contributed by atoms with van der Waals surface area (Å²) in [6, 6.07) is 19.8. The molecule has 0 bridgehead atoms. The van der Waals surface area contributed by atoms with E-state index in [4.69, 9.17) is 9.40 Å². The monoisotopic (exact) mass is 414 g/mol. The minimum Gasteiger partial charge on any atom is -0.468 e. The molecule has 6 heteroatoms. The molecule has 4 aromatic rings. The lowest BCUT2D eigenvalue weighted by molar-refractivity contribution is 0.0934. The fourth-order valence-corrected chi connectivity index (χ4v) is 4.48. The van der Waals surface area contributed by atoms with Crippen molar-refractivity contribution in [3.8, 4) is 5.69 Å². The van der Waals surface area contributed by atoms with Crippen LogP contribution in [0.15, 0.2) is 71.3 Å². The first kappa shape index (κ1) is 19.6. The van der Waals surface area contributed by atoms with Crippen molar-refractivity contribution < 1.29 is 9.21 Å². The molecule has 1 aliphatic rings. The standard InChI is InChI=1S/C25H26N4O2/c1-18-27-21-16-19(11-12-22(21)29(18)20-8-3-2-4-9-20)25(30)26-17-23(24-10-7-15-31-24)28-13-5-6-14-28/h2-4,7-12,15-16,23H,5-6,13-14,17H2,1H3,(H,26,30). The number of nitrogens with zero attached hydrogens (tertiary/aromatic N) is 3. The van der Waals surface area contributed by atoms with Crippen LogP contribution in [0.4, 0.5) is 0 Å². The molecule has 0 radical (unpaired) electrons. The summed E-state index contributed by atoms with van der Waals surface area (Å²) in [5.74, 6) is 1.70. The zero-order chi connectivity index (χ0) is 21.2. The smallest absolute Gasteiger partial charge is 0.251 e. The van der Waals surface area contributed by atoms with Gasteiger partial charge in [0.1, 0.15) is 11.6 Å². The number of rotatable bonds is 6. The summed E-state index contributed by atoms with van der Waals surface area (Å²) in [6.45, 7) is 4.56. The van der Waals surface area contributed by atoms with Crippen molar-refractivity contribution in [1.29, 1.82) is 0 Å². The van der Waals surface area contributed by atoms with Gasteiger partial charge in [-0.25, -0.2) is 4.98 Å². The van der Waals surface area contributed by atoms with Crippen LogP contribution >= 0.6 is 0 Å². The number of nitrogens with one attached hydrogen (secondary N) is 1. The third-order valence-electron chi connectivity index (χ3n) is 6.01. The topological polar surface area (TPSA) is 63.3 Å². The minimum atomic E-state index is -0.0930. The average Bonchev–Trinajstić information content (AvgIpc) is 3.55. The number of carbonyl (C=O) groups excluding carboxylic acids is 1. The second-order valence-corrected chi connectivity index (χ2v) is 8.02. The molecule has 1 fully saturated rings. The predicted octanol–water partition coefficient (Wildman–Crippen LogP) is 4.49. The van der Waals surface area contributed by atoms with Crippen LogP contribution in [0.5, 0.6) is 0 Å². The molecule has 0 saturated carbocycles. The van der Waals surface area contributed by atoms with Gasteiger partial charge in [-0.3, -0.25) is 14.3 Å². The van der Waals surface area contributed by atoms with E-state index in [1.54, 1.807) is 6.26 Å². The Balaban J connectivity index is 1.36. The Morgan fingerprint density at radius 2 is 1.90 bits per heavy atom. The zero-order valence-electron chi connectivity index (χ0n) is 17.6. The molecule has 2 aromatic carbocycles. The molecule has 2 aromatic heterocycles. The summed E-state index contributed by atoms with van der Waals surface area (Å²) in [5.41, 5.74) is 3.48. The van der Waals surface area contributed by atoms with Crippen LogP contribution < -0.4 is 5.32 Å². The highest BCUT2D eigenvalue weighted by Crippen LogP contribution is 2.26. The maximum absolute atomic E-state index is 12.9. The summed E-state index contributed by atoms with van der Waals surface area (Å²) >= 11 is 0. The van der Waals surface area contributed by atoms with Gasteiger partial charge < -0.3 is 9.73 Å². The Morgan fingerprint density at radius 3 is 2.65 bits per heavy atom. The van der Waals surface area contributed by atoms with E-state index in [0.29, 0.717) is 12.1 Å². The summed E-state index contributed by atoms with van der Waals surface area (Å²) in [7, 11) is 0. The number of imidazole rings is 1. The Hall–Kier alpha value is -3.38. The number of aromatic nitrogens is 2. The van der Waals surface area contributed by atoms with Crippen LogP contribution in [0.3, 0.4) is 0 Å². The number of furan rings is 1. The lowest BCUT2D eigenvalue weighted by Gasteiger charge is -2.26. The van der Waals surface area contributed by atoms with E-state index >= 15 is 0 Å². The van der Waals surface area contributed by atoms with Gasteiger partial charge in [0, 0.05) is 17.8 Å². The van der Waals surface area contributed by atoms with Crippen molar-refractivity contribution in [2.45, 2.75) is 25.8 Å². The number of fused-ring (bicyclic) bond motifs is 1. The first-order chi connectivity index (χ1) is 15.2. The van der Waals surface area contributed by atoms with Crippen molar-refractivity contribution in [2.75, 3.05) is 19.6 Å². The van der Waals surface area contributed by atoms with E-state index in [2.05, 4.69) is 26.9 Å². The van der Waals surface area contributed by atoms with E-state index in [1.165, 1.54) is 12.8 Å². The molecule has 1 unspecified atom stereocenters. The highest BCUT2D eigenvalue weighted by atomic mass is 16.3. The van der Waals surface area contributed by atoms with Crippen LogP contribution in [0, 0.1) is 6.92 Å². The van der Waals surface area contributed by atoms with Crippen molar-refractivity contribution in [2.24, 2.45) is 0 Å². The first-order valence-electron chi connectivity index (χ1n) is 10.8. The van der Waals surface area contributed by atoms with Crippen LogP contribution in [0.1, 0.15) is 40.8 Å². The quantitative estimate of drug-likeness (QED) is 0.505. The second kappa shape index (κ2) is 8.40. The highest BCUT2D eigenvalue weighted by molar-refractivity contribution is 5.97. The second-order valence-electron chi connectivity index (χ2n) is 8.02. The van der Waals surface area contributed by atoms with E-state index in [-0.39, 0.29) is 11.9 Å². The van der Waals surface area contributed by atoms with Gasteiger partial charge in [-0.1, -0.05) is 18.2 Å². The number of likely N-dealkylation sites (tertiary alicyclic amines) is 1. The first-order valence-corrected chi connectivity index (χ1v) is 10.8. The highest BCUT2D eigenvalue weighted by Gasteiger charge is 2.26. The van der Waals surface area contributed by atoms with Gasteiger partial charge in [-0.15, -0.1) is 0 Å². The number of benzene rings is 2. The molecule has 1 amide bonds. The lowest BCUT2D eigenvalue weighted by Crippen LogP contribution is -2.36. The molecule has 0 spiro atoms. The SMILES string of the molecule is Cc1nc2cc(C(=O)NCC(c3ccco3)N3CCCC3)ccc2n1-c1ccccc1. The third kappa shape index (κ3) is 3.86. The number of carbonyl (C=O) groups is 1. The van der Waals surface area contributed by atoms with Gasteiger partial charge in [0.05, 0.1) is 23.3 Å². The predicted molar refractivity (Wildman–Crippen MR) is 120 cm³/mol. The van der Waals surface area contributed by atoms with Crippen molar-refractivity contribution in [3.05, 3.63) is 84.1 Å². The number of para-hydroxylation sites is 1. The van der Waals surface area contributed by atoms with Crippen LogP contribution in [0.25, 0.3) is 16.7 Å². The van der Waals surface area contributed by atoms with Crippen molar-refractivity contribution >= 4 is 16.9 Å². The Labute approximate surface area is 181 Å². The molecule has 3 heterocycles. The molecule has 0 aliphatic carbocycles. The number of hydrogen-bond acceptors (Lipinski definition) is 4. The lowest BCUT2D eigenvalue weighted by atomic mass is 10.1. The zero-order valence-corrected chi connectivity index (χ0v) is 17.6. The van der Waals surface area contributed by atoms with Gasteiger partial charge in [0.2, 0.25) is 0 Å². The number of amides is 1. The molecule has 5 rings (SSSR count). The van der Waals surface area contributed by atoms with Crippen LogP contribution in [-0.4, -0.2) is 40.0 Å². The fourth-order valence-electron chi connectivity index (χ4n) is 4.48. The maximum Gasteiger partial charge on any atom is 0.251 e. The minimum absolute atomic E-state index is 0.0599. The average molecular weight is 415 g/mol. The van der Waals surface area contributed by atoms with E-state index in [1.807, 2.05) is 55.5 Å². The molecule has 1 saturated heterocycles. The van der Waals surface area contributed by atoms with Gasteiger partial charge in [0.15, 0.2) is 0 Å². The van der Waals surface area contributed by atoms with Crippen LogP contribution in [-0.2, 0) is 0 Å². The van der Waals surface area contributed by atoms with E-state index in [9.17, 15) is 4.79 Å². The maximum atomic E-state index is 12.9. The van der Waals surface area contributed by atoms with Gasteiger partial charge in [-0.05, 0) is 75.3 Å². The molecular formula is C25H26N4O2. The third-order valence-corrected chi connectivity index (χ3v) is 6.01. The fraction of sp³-hybridized carbons (Fsp3) is 0.280. The summed E-state index contributed by atoms with van der Waals surface area (Å²) in [4.78, 5) is 20.0. The molecule has 158 valence electrons. The Bertz CT molecular complexity index is 1180. The summed E-state index contributed by atoms with van der Waals surface area (Å²) < 4.78 is 7.76.